The lowest BCUT2D eigenvalue weighted by atomic mass is 10.2. The van der Waals surface area contributed by atoms with Crippen LogP contribution in [0.25, 0.3) is 10.9 Å². The van der Waals surface area contributed by atoms with Gasteiger partial charge in [0.05, 0.1) is 11.9 Å². The maximum atomic E-state index is 11.8. The number of benzene rings is 2. The number of aromatic amines is 1. The van der Waals surface area contributed by atoms with Crippen molar-refractivity contribution in [1.82, 2.24) is 10.4 Å². The van der Waals surface area contributed by atoms with Crippen LogP contribution in [-0.2, 0) is 0 Å². The molecule has 98 valence electrons. The summed E-state index contributed by atoms with van der Waals surface area (Å²) in [6.07, 6.45) is 1.60. The molecule has 0 saturated carbocycles. The highest BCUT2D eigenvalue weighted by Crippen LogP contribution is 2.13. The second kappa shape index (κ2) is 5.40. The summed E-state index contributed by atoms with van der Waals surface area (Å²) in [4.78, 5) is 15.0. The van der Waals surface area contributed by atoms with Crippen LogP contribution < -0.4 is 5.43 Å². The number of nitrogens with one attached hydrogen (secondary N) is 2. The Morgan fingerprint density at radius 3 is 2.60 bits per heavy atom. The van der Waals surface area contributed by atoms with E-state index in [4.69, 9.17) is 0 Å². The lowest BCUT2D eigenvalue weighted by Crippen LogP contribution is -2.17. The van der Waals surface area contributed by atoms with E-state index in [1.807, 2.05) is 48.5 Å². The molecule has 1 heterocycles. The number of carbonyl (C=O) groups excluding carboxylic acids is 1. The Hall–Kier alpha value is -2.88. The molecule has 4 nitrogen and oxygen atoms in total. The van der Waals surface area contributed by atoms with Crippen molar-refractivity contribution in [2.24, 2.45) is 5.10 Å². The second-order valence-corrected chi connectivity index (χ2v) is 4.38. The molecule has 2 aromatic carbocycles. The van der Waals surface area contributed by atoms with Gasteiger partial charge in [-0.2, -0.15) is 5.10 Å². The maximum Gasteiger partial charge on any atom is 0.271 e. The second-order valence-electron chi connectivity index (χ2n) is 4.38. The largest absolute Gasteiger partial charge is 0.354 e. The lowest BCUT2D eigenvalue weighted by Gasteiger charge is -1.97. The van der Waals surface area contributed by atoms with Gasteiger partial charge in [0.25, 0.3) is 5.91 Å². The molecule has 1 aromatic heterocycles. The van der Waals surface area contributed by atoms with Gasteiger partial charge in [-0.05, 0) is 24.3 Å². The fourth-order valence-corrected chi connectivity index (χ4v) is 1.98. The summed E-state index contributed by atoms with van der Waals surface area (Å²) in [5.41, 5.74) is 4.98. The molecular formula is C16H13N3O. The topological polar surface area (TPSA) is 57.2 Å². The van der Waals surface area contributed by atoms with E-state index in [1.54, 1.807) is 18.3 Å². The van der Waals surface area contributed by atoms with Crippen LogP contribution in [0, 0.1) is 0 Å². The Bertz CT molecular complexity index is 727. The molecule has 3 rings (SSSR count). The zero-order valence-electron chi connectivity index (χ0n) is 10.7. The zero-order valence-corrected chi connectivity index (χ0v) is 10.7. The first-order valence-corrected chi connectivity index (χ1v) is 6.29. The molecule has 1 amide bonds. The van der Waals surface area contributed by atoms with Crippen molar-refractivity contribution >= 4 is 23.0 Å². The van der Waals surface area contributed by atoms with Crippen LogP contribution in [-0.4, -0.2) is 17.1 Å². The van der Waals surface area contributed by atoms with Gasteiger partial charge in [0.15, 0.2) is 0 Å². The number of hydrogen-bond donors (Lipinski definition) is 2. The van der Waals surface area contributed by atoms with Gasteiger partial charge in [0.2, 0.25) is 0 Å². The first kappa shape index (κ1) is 12.2. The van der Waals surface area contributed by atoms with Crippen molar-refractivity contribution in [3.8, 4) is 0 Å². The molecule has 4 heteroatoms. The van der Waals surface area contributed by atoms with Gasteiger partial charge in [-0.3, -0.25) is 4.79 Å². The van der Waals surface area contributed by atoms with E-state index in [0.29, 0.717) is 5.56 Å². The van der Waals surface area contributed by atoms with Crippen LogP contribution in [0.4, 0.5) is 0 Å². The molecule has 0 saturated heterocycles. The molecule has 0 aliphatic carbocycles. The highest BCUT2D eigenvalue weighted by molar-refractivity contribution is 5.95. The van der Waals surface area contributed by atoms with Crippen molar-refractivity contribution in [2.45, 2.75) is 0 Å². The van der Waals surface area contributed by atoms with Gasteiger partial charge in [-0.15, -0.1) is 0 Å². The zero-order chi connectivity index (χ0) is 13.8. The molecular weight excluding hydrogens is 250 g/mol. The third-order valence-electron chi connectivity index (χ3n) is 2.96. The minimum Gasteiger partial charge on any atom is -0.354 e. The van der Waals surface area contributed by atoms with Crippen LogP contribution in [0.5, 0.6) is 0 Å². The highest BCUT2D eigenvalue weighted by atomic mass is 16.2. The first-order valence-electron chi connectivity index (χ1n) is 6.29. The number of amides is 1. The minimum atomic E-state index is -0.224. The summed E-state index contributed by atoms with van der Waals surface area (Å²) in [5, 5.41) is 5.07. The summed E-state index contributed by atoms with van der Waals surface area (Å²) in [6.45, 7) is 0. The number of fused-ring (bicyclic) bond motifs is 1. The number of hydrogen-bond acceptors (Lipinski definition) is 2. The Kier molecular flexibility index (Phi) is 3.29. The lowest BCUT2D eigenvalue weighted by molar-refractivity contribution is 0.0955. The SMILES string of the molecule is O=C(NN=Cc1cc2ccccc2[nH]1)c1ccccc1. The van der Waals surface area contributed by atoms with Gasteiger partial charge < -0.3 is 4.98 Å². The van der Waals surface area contributed by atoms with Crippen LogP contribution in [0.3, 0.4) is 0 Å². The molecule has 20 heavy (non-hydrogen) atoms. The van der Waals surface area contributed by atoms with Crippen LogP contribution in [0.2, 0.25) is 0 Å². The summed E-state index contributed by atoms with van der Waals surface area (Å²) in [6, 6.07) is 18.9. The van der Waals surface area contributed by atoms with Crippen molar-refractivity contribution in [3.05, 3.63) is 71.9 Å². The molecule has 0 aliphatic heterocycles. The average molecular weight is 263 g/mol. The molecule has 0 spiro atoms. The van der Waals surface area contributed by atoms with E-state index in [9.17, 15) is 4.79 Å². The fourth-order valence-electron chi connectivity index (χ4n) is 1.98. The standard InChI is InChI=1S/C16H13N3O/c20-16(12-6-2-1-3-7-12)19-17-11-14-10-13-8-4-5-9-15(13)18-14/h1-11,18H,(H,19,20). The van der Waals surface area contributed by atoms with Crippen molar-refractivity contribution in [3.63, 3.8) is 0 Å². The number of rotatable bonds is 3. The fraction of sp³-hybridized carbons (Fsp3) is 0. The third kappa shape index (κ3) is 2.59. The third-order valence-corrected chi connectivity index (χ3v) is 2.96. The molecule has 0 bridgehead atoms. The van der Waals surface area contributed by atoms with Gasteiger partial charge in [-0.25, -0.2) is 5.43 Å². The van der Waals surface area contributed by atoms with Gasteiger partial charge in [-0.1, -0.05) is 36.4 Å². The number of carbonyl (C=O) groups is 1. The molecule has 0 fully saturated rings. The Labute approximate surface area is 116 Å². The number of H-pyrrole nitrogens is 1. The van der Waals surface area contributed by atoms with E-state index in [2.05, 4.69) is 15.5 Å². The molecule has 0 atom stereocenters. The van der Waals surface area contributed by atoms with Crippen molar-refractivity contribution < 1.29 is 4.79 Å². The molecule has 0 unspecified atom stereocenters. The Balaban J connectivity index is 1.70. The average Bonchev–Trinajstić information content (AvgIpc) is 2.90. The number of nitrogens with zero attached hydrogens (tertiary/aromatic N) is 1. The predicted molar refractivity (Wildman–Crippen MR) is 79.8 cm³/mol. The monoisotopic (exact) mass is 263 g/mol. The smallest absolute Gasteiger partial charge is 0.271 e. The van der Waals surface area contributed by atoms with Crippen molar-refractivity contribution in [1.29, 1.82) is 0 Å². The van der Waals surface area contributed by atoms with Crippen LogP contribution in [0.1, 0.15) is 16.1 Å². The number of aromatic nitrogens is 1. The van der Waals surface area contributed by atoms with E-state index in [-0.39, 0.29) is 5.91 Å². The van der Waals surface area contributed by atoms with E-state index >= 15 is 0 Å². The van der Waals surface area contributed by atoms with Gasteiger partial charge >= 0.3 is 0 Å². The summed E-state index contributed by atoms with van der Waals surface area (Å²) in [7, 11) is 0. The number of para-hydroxylation sites is 1. The van der Waals surface area contributed by atoms with E-state index < -0.39 is 0 Å². The van der Waals surface area contributed by atoms with Gasteiger partial charge in [0, 0.05) is 16.5 Å². The van der Waals surface area contributed by atoms with Crippen LogP contribution >= 0.6 is 0 Å². The minimum absolute atomic E-state index is 0.224. The molecule has 0 radical (unpaired) electrons. The summed E-state index contributed by atoms with van der Waals surface area (Å²) in [5.74, 6) is -0.224. The highest BCUT2D eigenvalue weighted by Gasteiger charge is 2.02. The quantitative estimate of drug-likeness (QED) is 0.554. The molecule has 3 aromatic rings. The Morgan fingerprint density at radius 2 is 1.80 bits per heavy atom. The maximum absolute atomic E-state index is 11.8. The van der Waals surface area contributed by atoms with Crippen LogP contribution in [0.15, 0.2) is 65.8 Å². The number of hydrazone groups is 1. The predicted octanol–water partition coefficient (Wildman–Crippen LogP) is 2.93. The first-order chi connectivity index (χ1) is 9.83. The normalized spacial score (nSPS) is 11.0. The summed E-state index contributed by atoms with van der Waals surface area (Å²) >= 11 is 0. The van der Waals surface area contributed by atoms with Gasteiger partial charge in [0.1, 0.15) is 0 Å². The van der Waals surface area contributed by atoms with E-state index in [1.165, 1.54) is 0 Å². The molecule has 0 aliphatic rings. The molecule has 2 N–H and O–H groups in total. The Morgan fingerprint density at radius 1 is 1.05 bits per heavy atom. The summed E-state index contributed by atoms with van der Waals surface area (Å²) < 4.78 is 0. The van der Waals surface area contributed by atoms with E-state index in [0.717, 1.165) is 16.6 Å². The van der Waals surface area contributed by atoms with Crippen molar-refractivity contribution in [2.75, 3.05) is 0 Å².